The van der Waals surface area contributed by atoms with Crippen LogP contribution in [0.2, 0.25) is 25.1 Å². The molecule has 0 radical (unpaired) electrons. The predicted octanol–water partition coefficient (Wildman–Crippen LogP) is 7.22. The van der Waals surface area contributed by atoms with Gasteiger partial charge in [-0.1, -0.05) is 76.2 Å². The Morgan fingerprint density at radius 3 is 1.25 bits per heavy atom. The molecule has 0 saturated heterocycles. The summed E-state index contributed by atoms with van der Waals surface area (Å²) in [7, 11) is 0. The molecule has 0 spiro atoms. The van der Waals surface area contributed by atoms with Crippen molar-refractivity contribution in [3.05, 3.63) is 55.4 Å². The Balaban J connectivity index is 0.000000387. The van der Waals surface area contributed by atoms with Crippen LogP contribution in [0.15, 0.2) is 40.1 Å². The van der Waals surface area contributed by atoms with Gasteiger partial charge in [-0.15, -0.1) is 25.3 Å². The van der Waals surface area contributed by atoms with Crippen molar-refractivity contribution in [2.45, 2.75) is 9.79 Å². The summed E-state index contributed by atoms with van der Waals surface area (Å²) in [6, 6.07) is 9.79. The number of benzene rings is 2. The molecule has 2 rings (SSSR count). The van der Waals surface area contributed by atoms with Crippen LogP contribution >= 0.6 is 83.3 Å². The van der Waals surface area contributed by atoms with E-state index in [4.69, 9.17) is 58.0 Å². The van der Waals surface area contributed by atoms with Crippen LogP contribution in [0, 0.1) is 0 Å². The third-order valence-electron chi connectivity index (χ3n) is 1.94. The van der Waals surface area contributed by atoms with Gasteiger partial charge in [-0.05, 0) is 12.1 Å². The fourth-order valence-corrected chi connectivity index (χ4v) is 2.69. The zero-order chi connectivity index (χ0) is 14.6. The molecule has 0 bridgehead atoms. The van der Waals surface area contributed by atoms with Crippen molar-refractivity contribution in [3.63, 3.8) is 0 Å². The molecule has 0 N–H and O–H groups in total. The molecule has 0 aliphatic carbocycles. The first-order valence-electron chi connectivity index (χ1n) is 4.80. The molecule has 0 aliphatic rings. The van der Waals surface area contributed by atoms with Gasteiger partial charge >= 0.3 is 0 Å². The van der Waals surface area contributed by atoms with Crippen LogP contribution in [0.1, 0.15) is 0 Å². The van der Waals surface area contributed by atoms with Crippen molar-refractivity contribution in [1.82, 2.24) is 0 Å². The Hall–Kier alpha value is 1.21. The SMILES string of the molecule is Sc1c(Cl)c(Cl)c(Cl)c(Cl)c1Cl.Sc1ccccc1.[Zn]. The zero-order valence-corrected chi connectivity index (χ0v) is 18.4. The summed E-state index contributed by atoms with van der Waals surface area (Å²) in [5.74, 6) is 0. The summed E-state index contributed by atoms with van der Waals surface area (Å²) >= 11 is 36.6. The summed E-state index contributed by atoms with van der Waals surface area (Å²) < 4.78 is 0. The van der Waals surface area contributed by atoms with Crippen molar-refractivity contribution in [3.8, 4) is 0 Å². The molecule has 0 nitrogen and oxygen atoms in total. The van der Waals surface area contributed by atoms with E-state index in [0.717, 1.165) is 4.90 Å². The van der Waals surface area contributed by atoms with Crippen LogP contribution in [0.3, 0.4) is 0 Å². The third kappa shape index (κ3) is 5.78. The molecule has 8 heteroatoms. The van der Waals surface area contributed by atoms with Crippen molar-refractivity contribution in [2.75, 3.05) is 0 Å². The van der Waals surface area contributed by atoms with Crippen LogP contribution in [-0.4, -0.2) is 0 Å². The molecule has 0 aliphatic heterocycles. The molecule has 104 valence electrons. The number of halogens is 5. The second kappa shape index (κ2) is 10.1. The maximum absolute atomic E-state index is 5.72. The van der Waals surface area contributed by atoms with E-state index in [-0.39, 0.29) is 44.6 Å². The molecule has 0 atom stereocenters. The molecule has 0 fully saturated rings. The van der Waals surface area contributed by atoms with Gasteiger partial charge in [0, 0.05) is 29.3 Å². The van der Waals surface area contributed by atoms with E-state index in [2.05, 4.69) is 25.3 Å². The molecule has 2 aromatic carbocycles. The van der Waals surface area contributed by atoms with Gasteiger partial charge in [-0.25, -0.2) is 0 Å². The molecule has 2 aromatic rings. The van der Waals surface area contributed by atoms with Gasteiger partial charge in [-0.3, -0.25) is 0 Å². The minimum atomic E-state index is 0. The first-order valence-corrected chi connectivity index (χ1v) is 7.59. The number of thiol groups is 2. The van der Waals surface area contributed by atoms with Crippen molar-refractivity contribution in [2.24, 2.45) is 0 Å². The Morgan fingerprint density at radius 1 is 0.600 bits per heavy atom. The number of hydrogen-bond acceptors (Lipinski definition) is 2. The Labute approximate surface area is 166 Å². The Morgan fingerprint density at radius 2 is 0.950 bits per heavy atom. The number of hydrogen-bond donors (Lipinski definition) is 2. The summed E-state index contributed by atoms with van der Waals surface area (Å²) in [5.41, 5.74) is 0. The van der Waals surface area contributed by atoms with E-state index in [0.29, 0.717) is 4.90 Å². The van der Waals surface area contributed by atoms with Gasteiger partial charge < -0.3 is 0 Å². The van der Waals surface area contributed by atoms with E-state index in [1.807, 2.05) is 30.3 Å². The van der Waals surface area contributed by atoms with E-state index < -0.39 is 0 Å². The average molecular weight is 458 g/mol. The second-order valence-electron chi connectivity index (χ2n) is 3.25. The molecule has 0 heterocycles. The quantitative estimate of drug-likeness (QED) is 0.177. The smallest absolute Gasteiger partial charge is 0.0809 e. The maximum atomic E-state index is 5.72. The largest absolute Gasteiger partial charge is 0.143 e. The van der Waals surface area contributed by atoms with E-state index >= 15 is 0 Å². The minimum Gasteiger partial charge on any atom is -0.143 e. The molecule has 0 unspecified atom stereocenters. The Kier molecular flexibility index (Phi) is 10.7. The second-order valence-corrected chi connectivity index (χ2v) is 6.11. The summed E-state index contributed by atoms with van der Waals surface area (Å²) in [6.45, 7) is 0. The van der Waals surface area contributed by atoms with Gasteiger partial charge in [0.1, 0.15) is 0 Å². The molecular formula is C12H7Cl5S2Zn. The van der Waals surface area contributed by atoms with Crippen molar-refractivity contribution >= 4 is 83.3 Å². The molecular weight excluding hydrogens is 451 g/mol. The normalized spacial score (nSPS) is 9.35. The minimum absolute atomic E-state index is 0. The van der Waals surface area contributed by atoms with E-state index in [1.165, 1.54) is 0 Å². The van der Waals surface area contributed by atoms with Gasteiger partial charge in [-0.2, -0.15) is 0 Å². The van der Waals surface area contributed by atoms with Crippen LogP contribution < -0.4 is 0 Å². The van der Waals surface area contributed by atoms with Crippen LogP contribution in [-0.2, 0) is 19.5 Å². The van der Waals surface area contributed by atoms with Gasteiger partial charge in [0.15, 0.2) is 0 Å². The summed E-state index contributed by atoms with van der Waals surface area (Å²) in [5, 5.41) is 0.889. The molecule has 0 aromatic heterocycles. The Bertz CT molecular complexity index is 473. The first kappa shape index (κ1) is 21.2. The van der Waals surface area contributed by atoms with Crippen LogP contribution in [0.25, 0.3) is 0 Å². The molecule has 0 saturated carbocycles. The predicted molar refractivity (Wildman–Crippen MR) is 92.4 cm³/mol. The fourth-order valence-electron chi connectivity index (χ4n) is 1.02. The number of rotatable bonds is 0. The standard InChI is InChI=1S/C6HCl5S.C6H6S.Zn/c7-1-2(8)4(10)6(12)5(11)3(1)9;7-6-4-2-1-3-5-6;/h12H;1-5,7H;. The average Bonchev–Trinajstić information content (AvgIpc) is 2.42. The van der Waals surface area contributed by atoms with E-state index in [1.54, 1.807) is 0 Å². The summed E-state index contributed by atoms with van der Waals surface area (Å²) in [6.07, 6.45) is 0. The van der Waals surface area contributed by atoms with Gasteiger partial charge in [0.2, 0.25) is 0 Å². The molecule has 0 amide bonds. The van der Waals surface area contributed by atoms with Crippen molar-refractivity contribution in [1.29, 1.82) is 0 Å². The monoisotopic (exact) mass is 454 g/mol. The van der Waals surface area contributed by atoms with Crippen LogP contribution in [0.5, 0.6) is 0 Å². The topological polar surface area (TPSA) is 0 Å². The maximum Gasteiger partial charge on any atom is 0.0809 e. The first-order chi connectivity index (χ1) is 8.86. The fraction of sp³-hybridized carbons (Fsp3) is 0. The van der Waals surface area contributed by atoms with Crippen molar-refractivity contribution < 1.29 is 19.5 Å². The van der Waals surface area contributed by atoms with Crippen LogP contribution in [0.4, 0.5) is 0 Å². The van der Waals surface area contributed by atoms with Gasteiger partial charge in [0.05, 0.1) is 25.1 Å². The third-order valence-corrected chi connectivity index (χ3v) is 5.23. The zero-order valence-electron chi connectivity index (χ0n) is 9.88. The summed E-state index contributed by atoms with van der Waals surface area (Å²) in [4.78, 5) is 1.35. The van der Waals surface area contributed by atoms with Gasteiger partial charge in [0.25, 0.3) is 0 Å². The molecule has 20 heavy (non-hydrogen) atoms. The van der Waals surface area contributed by atoms with E-state index in [9.17, 15) is 0 Å².